The van der Waals surface area contributed by atoms with Crippen molar-refractivity contribution in [2.75, 3.05) is 18.8 Å². The molecule has 1 aliphatic rings. The van der Waals surface area contributed by atoms with Gasteiger partial charge in [0.15, 0.2) is 6.10 Å². The molecule has 1 aliphatic heterocycles. The highest BCUT2D eigenvalue weighted by atomic mass is 32.2. The van der Waals surface area contributed by atoms with Gasteiger partial charge in [-0.15, -0.1) is 0 Å². The van der Waals surface area contributed by atoms with Gasteiger partial charge in [0.2, 0.25) is 10.0 Å². The Hall–Kier alpha value is -0.870. The maximum absolute atomic E-state index is 12.7. The van der Waals surface area contributed by atoms with E-state index in [1.165, 1.54) is 6.92 Å². The fourth-order valence-electron chi connectivity index (χ4n) is 2.06. The van der Waals surface area contributed by atoms with Crippen molar-refractivity contribution in [3.05, 3.63) is 0 Å². The summed E-state index contributed by atoms with van der Waals surface area (Å²) in [5.74, 6) is -1.52. The van der Waals surface area contributed by atoms with Crippen molar-refractivity contribution in [2.24, 2.45) is 0 Å². The van der Waals surface area contributed by atoms with Crippen molar-refractivity contribution in [1.82, 2.24) is 4.31 Å². The number of carboxylic acid groups (broad SMARTS) is 1. The maximum Gasteiger partial charge on any atom is 0.414 e. The molecule has 2 atom stereocenters. The van der Waals surface area contributed by atoms with Gasteiger partial charge < -0.3 is 9.84 Å². The summed E-state index contributed by atoms with van der Waals surface area (Å²) in [5.41, 5.74) is 0. The Morgan fingerprint density at radius 1 is 1.43 bits per heavy atom. The van der Waals surface area contributed by atoms with Crippen LogP contribution in [0.4, 0.5) is 13.2 Å². The highest BCUT2D eigenvalue weighted by molar-refractivity contribution is 7.89. The monoisotopic (exact) mass is 333 g/mol. The van der Waals surface area contributed by atoms with Crippen molar-refractivity contribution < 1.29 is 36.2 Å². The second-order valence-electron chi connectivity index (χ2n) is 4.94. The number of sulfonamides is 1. The van der Waals surface area contributed by atoms with E-state index >= 15 is 0 Å². The van der Waals surface area contributed by atoms with Crippen LogP contribution in [-0.2, 0) is 19.6 Å². The first-order valence-electron chi connectivity index (χ1n) is 6.44. The van der Waals surface area contributed by atoms with Gasteiger partial charge in [-0.2, -0.15) is 17.5 Å². The minimum absolute atomic E-state index is 0.0773. The number of hydrogen-bond acceptors (Lipinski definition) is 4. The molecule has 0 aromatic heterocycles. The zero-order valence-corrected chi connectivity index (χ0v) is 12.3. The smallest absolute Gasteiger partial charge is 0.414 e. The number of nitrogens with zero attached hydrogens (tertiary/aromatic N) is 1. The molecule has 2 unspecified atom stereocenters. The van der Waals surface area contributed by atoms with E-state index in [9.17, 15) is 26.4 Å². The third-order valence-corrected chi connectivity index (χ3v) is 4.97. The molecule has 6 nitrogen and oxygen atoms in total. The lowest BCUT2D eigenvalue weighted by molar-refractivity contribution is -0.228. The van der Waals surface area contributed by atoms with Crippen molar-refractivity contribution in [3.63, 3.8) is 0 Å². The van der Waals surface area contributed by atoms with E-state index in [1.54, 1.807) is 0 Å². The Kier molecular flexibility index (Phi) is 6.00. The molecule has 124 valence electrons. The van der Waals surface area contributed by atoms with Gasteiger partial charge in [0.1, 0.15) is 0 Å². The van der Waals surface area contributed by atoms with Crippen LogP contribution in [0.1, 0.15) is 26.2 Å². The van der Waals surface area contributed by atoms with Gasteiger partial charge >= 0.3 is 12.1 Å². The predicted molar refractivity (Wildman–Crippen MR) is 67.2 cm³/mol. The minimum Gasteiger partial charge on any atom is -0.481 e. The number of rotatable bonds is 5. The summed E-state index contributed by atoms with van der Waals surface area (Å²) in [5, 5.41) is 8.48. The van der Waals surface area contributed by atoms with Crippen LogP contribution in [0.25, 0.3) is 0 Å². The van der Waals surface area contributed by atoms with Crippen LogP contribution in [0, 0.1) is 0 Å². The Morgan fingerprint density at radius 2 is 2.05 bits per heavy atom. The van der Waals surface area contributed by atoms with Crippen LogP contribution in [0.3, 0.4) is 0 Å². The SMILES string of the molecule is CC1CN(S(=O)(=O)CCCC(=O)O)CCC(C(F)(F)F)O1. The standard InChI is InChI=1S/C11H18F3NO5S/c1-8-7-15(5-4-9(20-8)11(12,13)14)21(18,19)6-2-3-10(16)17/h8-9H,2-7H2,1H3,(H,16,17). The van der Waals surface area contributed by atoms with Crippen LogP contribution in [0.5, 0.6) is 0 Å². The molecular weight excluding hydrogens is 315 g/mol. The summed E-state index contributed by atoms with van der Waals surface area (Å²) in [6.07, 6.45) is -8.24. The summed E-state index contributed by atoms with van der Waals surface area (Å²) in [6, 6.07) is 0. The summed E-state index contributed by atoms with van der Waals surface area (Å²) in [7, 11) is -3.78. The topological polar surface area (TPSA) is 83.9 Å². The number of aliphatic carboxylic acids is 1. The van der Waals surface area contributed by atoms with Gasteiger partial charge in [-0.25, -0.2) is 8.42 Å². The van der Waals surface area contributed by atoms with Crippen molar-refractivity contribution >= 4 is 16.0 Å². The third-order valence-electron chi connectivity index (χ3n) is 3.05. The van der Waals surface area contributed by atoms with Crippen LogP contribution in [0.2, 0.25) is 0 Å². The summed E-state index contributed by atoms with van der Waals surface area (Å²) >= 11 is 0. The average Bonchev–Trinajstić information content (AvgIpc) is 2.50. The molecule has 21 heavy (non-hydrogen) atoms. The second-order valence-corrected chi connectivity index (χ2v) is 7.03. The number of alkyl halides is 3. The largest absolute Gasteiger partial charge is 0.481 e. The molecule has 0 saturated carbocycles. The van der Waals surface area contributed by atoms with Gasteiger partial charge in [-0.3, -0.25) is 4.79 Å². The Morgan fingerprint density at radius 3 is 2.57 bits per heavy atom. The molecule has 10 heteroatoms. The molecule has 0 radical (unpaired) electrons. The fourth-order valence-corrected chi connectivity index (χ4v) is 3.65. The number of carboxylic acids is 1. The van der Waals surface area contributed by atoms with Gasteiger partial charge in [0.05, 0.1) is 11.9 Å². The van der Waals surface area contributed by atoms with Crippen LogP contribution >= 0.6 is 0 Å². The maximum atomic E-state index is 12.7. The summed E-state index contributed by atoms with van der Waals surface area (Å²) in [4.78, 5) is 10.4. The van der Waals surface area contributed by atoms with Gasteiger partial charge in [0.25, 0.3) is 0 Å². The lowest BCUT2D eigenvalue weighted by Gasteiger charge is -2.21. The number of halogens is 3. The number of ether oxygens (including phenoxy) is 1. The molecule has 0 bridgehead atoms. The molecule has 0 spiro atoms. The highest BCUT2D eigenvalue weighted by Gasteiger charge is 2.44. The molecule has 0 aliphatic carbocycles. The molecule has 1 rings (SSSR count). The normalized spacial score (nSPS) is 25.5. The van der Waals surface area contributed by atoms with Crippen LogP contribution in [0.15, 0.2) is 0 Å². The first-order chi connectivity index (χ1) is 9.52. The third kappa shape index (κ3) is 5.79. The lowest BCUT2D eigenvalue weighted by Crippen LogP contribution is -2.37. The van der Waals surface area contributed by atoms with Crippen molar-refractivity contribution in [1.29, 1.82) is 0 Å². The van der Waals surface area contributed by atoms with E-state index < -0.39 is 46.6 Å². The molecule has 1 N–H and O–H groups in total. The minimum atomic E-state index is -4.53. The van der Waals surface area contributed by atoms with E-state index in [0.29, 0.717) is 0 Å². The molecule has 0 aromatic rings. The van der Waals surface area contributed by atoms with E-state index in [-0.39, 0.29) is 25.9 Å². The first kappa shape index (κ1) is 18.2. The summed E-state index contributed by atoms with van der Waals surface area (Å²) < 4.78 is 67.8. The van der Waals surface area contributed by atoms with Gasteiger partial charge in [-0.1, -0.05) is 0 Å². The quantitative estimate of drug-likeness (QED) is 0.818. The van der Waals surface area contributed by atoms with E-state index in [1.807, 2.05) is 0 Å². The zero-order valence-electron chi connectivity index (χ0n) is 11.5. The predicted octanol–water partition coefficient (Wildman–Crippen LogP) is 1.22. The number of hydrogen-bond donors (Lipinski definition) is 1. The second kappa shape index (κ2) is 6.93. The lowest BCUT2D eigenvalue weighted by atomic mass is 10.2. The van der Waals surface area contributed by atoms with E-state index in [0.717, 1.165) is 4.31 Å². The molecular formula is C11H18F3NO5S. The molecule has 0 aromatic carbocycles. The fraction of sp³-hybridized carbons (Fsp3) is 0.909. The Balaban J connectivity index is 2.69. The molecule has 1 fully saturated rings. The van der Waals surface area contributed by atoms with Crippen molar-refractivity contribution in [3.8, 4) is 0 Å². The molecule has 0 amide bonds. The van der Waals surface area contributed by atoms with Gasteiger partial charge in [-0.05, 0) is 19.8 Å². The Labute approximate surface area is 120 Å². The first-order valence-corrected chi connectivity index (χ1v) is 8.05. The Bertz CT molecular complexity index is 465. The van der Waals surface area contributed by atoms with Gasteiger partial charge in [0, 0.05) is 19.5 Å². The van der Waals surface area contributed by atoms with E-state index in [4.69, 9.17) is 9.84 Å². The zero-order chi connectivity index (χ0) is 16.3. The number of carbonyl (C=O) groups is 1. The highest BCUT2D eigenvalue weighted by Crippen LogP contribution is 2.29. The summed E-state index contributed by atoms with van der Waals surface area (Å²) in [6.45, 7) is 0.926. The molecule has 1 saturated heterocycles. The van der Waals surface area contributed by atoms with Crippen LogP contribution in [-0.4, -0.2) is 61.0 Å². The van der Waals surface area contributed by atoms with Crippen molar-refractivity contribution in [2.45, 2.75) is 44.6 Å². The molecule has 1 heterocycles. The average molecular weight is 333 g/mol. The van der Waals surface area contributed by atoms with E-state index in [2.05, 4.69) is 0 Å². The van der Waals surface area contributed by atoms with Crippen LogP contribution < -0.4 is 0 Å².